The van der Waals surface area contributed by atoms with Crippen molar-refractivity contribution in [3.8, 4) is 0 Å². The topological polar surface area (TPSA) is 20.2 Å². The lowest BCUT2D eigenvalue weighted by Crippen LogP contribution is -2.03. The molecule has 5 heteroatoms. The third-order valence-corrected chi connectivity index (χ3v) is 3.94. The number of halogens is 4. The van der Waals surface area contributed by atoms with Crippen LogP contribution < -0.4 is 0 Å². The standard InChI is InChI=1S/C14H10Cl3FO/c15-10-5-4-8(6-12(10)18)13(19)7-9-2-1-3-11(16)14(9)17/h1-6,13,19H,7H2. The van der Waals surface area contributed by atoms with E-state index in [4.69, 9.17) is 34.8 Å². The largest absolute Gasteiger partial charge is 0.388 e. The van der Waals surface area contributed by atoms with Gasteiger partial charge in [0.05, 0.1) is 21.2 Å². The Morgan fingerprint density at radius 1 is 1.05 bits per heavy atom. The van der Waals surface area contributed by atoms with Crippen molar-refractivity contribution >= 4 is 34.8 Å². The van der Waals surface area contributed by atoms with Crippen molar-refractivity contribution in [3.05, 3.63) is 68.4 Å². The number of hydrogen-bond donors (Lipinski definition) is 1. The summed E-state index contributed by atoms with van der Waals surface area (Å²) in [5.74, 6) is -0.560. The zero-order valence-corrected chi connectivity index (χ0v) is 12.0. The van der Waals surface area contributed by atoms with Crippen LogP contribution in [-0.4, -0.2) is 5.11 Å². The van der Waals surface area contributed by atoms with Crippen LogP contribution in [0.2, 0.25) is 15.1 Å². The molecule has 2 rings (SSSR count). The Bertz CT molecular complexity index is 601. The fourth-order valence-corrected chi connectivity index (χ4v) is 2.27. The molecule has 1 nitrogen and oxygen atoms in total. The van der Waals surface area contributed by atoms with Crippen LogP contribution in [0.5, 0.6) is 0 Å². The molecule has 1 N–H and O–H groups in total. The second kappa shape index (κ2) is 6.10. The van der Waals surface area contributed by atoms with E-state index in [1.807, 2.05) is 0 Å². The van der Waals surface area contributed by atoms with Gasteiger partial charge in [0.15, 0.2) is 0 Å². The molecule has 2 aromatic carbocycles. The lowest BCUT2D eigenvalue weighted by molar-refractivity contribution is 0.178. The van der Waals surface area contributed by atoms with E-state index in [0.29, 0.717) is 21.2 Å². The van der Waals surface area contributed by atoms with Gasteiger partial charge < -0.3 is 5.11 Å². The van der Waals surface area contributed by atoms with Gasteiger partial charge in [-0.2, -0.15) is 0 Å². The summed E-state index contributed by atoms with van der Waals surface area (Å²) in [5.41, 5.74) is 1.15. The van der Waals surface area contributed by atoms with Gasteiger partial charge in [0.1, 0.15) is 5.82 Å². The molecule has 0 aromatic heterocycles. The fourth-order valence-electron chi connectivity index (χ4n) is 1.75. The van der Waals surface area contributed by atoms with Gasteiger partial charge in [-0.25, -0.2) is 4.39 Å². The highest BCUT2D eigenvalue weighted by Crippen LogP contribution is 2.30. The maximum Gasteiger partial charge on any atom is 0.142 e. The molecule has 1 unspecified atom stereocenters. The SMILES string of the molecule is OC(Cc1cccc(Cl)c1Cl)c1ccc(Cl)c(F)c1. The monoisotopic (exact) mass is 318 g/mol. The molecule has 0 aliphatic heterocycles. The van der Waals surface area contributed by atoms with Crippen LogP contribution in [0.15, 0.2) is 36.4 Å². The van der Waals surface area contributed by atoms with E-state index >= 15 is 0 Å². The van der Waals surface area contributed by atoms with Gasteiger partial charge in [-0.3, -0.25) is 0 Å². The predicted octanol–water partition coefficient (Wildman–Crippen LogP) is 5.06. The smallest absolute Gasteiger partial charge is 0.142 e. The number of benzene rings is 2. The second-order valence-corrected chi connectivity index (χ2v) is 5.30. The molecular formula is C14H10Cl3FO. The van der Waals surface area contributed by atoms with E-state index in [9.17, 15) is 9.50 Å². The van der Waals surface area contributed by atoms with E-state index < -0.39 is 11.9 Å². The minimum absolute atomic E-state index is 0.0248. The van der Waals surface area contributed by atoms with Crippen molar-refractivity contribution in [3.63, 3.8) is 0 Å². The summed E-state index contributed by atoms with van der Waals surface area (Å²) in [6, 6.07) is 9.39. The first-order valence-electron chi connectivity index (χ1n) is 5.55. The second-order valence-electron chi connectivity index (χ2n) is 4.11. The Morgan fingerprint density at radius 3 is 2.47 bits per heavy atom. The Balaban J connectivity index is 2.23. The Kier molecular flexibility index (Phi) is 4.69. The van der Waals surface area contributed by atoms with Crippen molar-refractivity contribution in [2.45, 2.75) is 12.5 Å². The highest BCUT2D eigenvalue weighted by atomic mass is 35.5. The van der Waals surface area contributed by atoms with Gasteiger partial charge >= 0.3 is 0 Å². The lowest BCUT2D eigenvalue weighted by atomic mass is 10.0. The van der Waals surface area contributed by atoms with Crippen molar-refractivity contribution < 1.29 is 9.50 Å². The van der Waals surface area contributed by atoms with Gasteiger partial charge in [-0.05, 0) is 29.3 Å². The number of aliphatic hydroxyl groups is 1. The average molecular weight is 320 g/mol. The molecule has 0 heterocycles. The summed E-state index contributed by atoms with van der Waals surface area (Å²) < 4.78 is 13.3. The Hall–Kier alpha value is -0.800. The normalized spacial score (nSPS) is 12.5. The summed E-state index contributed by atoms with van der Waals surface area (Å²) >= 11 is 17.5. The van der Waals surface area contributed by atoms with E-state index in [-0.39, 0.29) is 11.4 Å². The molecule has 0 bridgehead atoms. The third-order valence-electron chi connectivity index (χ3n) is 2.77. The Morgan fingerprint density at radius 2 is 1.79 bits per heavy atom. The first-order chi connectivity index (χ1) is 8.99. The summed E-state index contributed by atoms with van der Waals surface area (Å²) in [6.45, 7) is 0. The van der Waals surface area contributed by atoms with Crippen molar-refractivity contribution in [2.75, 3.05) is 0 Å². The molecular weight excluding hydrogens is 310 g/mol. The van der Waals surface area contributed by atoms with Crippen LogP contribution in [0.1, 0.15) is 17.2 Å². The molecule has 0 saturated carbocycles. The van der Waals surface area contributed by atoms with E-state index in [1.54, 1.807) is 24.3 Å². The highest BCUT2D eigenvalue weighted by molar-refractivity contribution is 6.42. The van der Waals surface area contributed by atoms with Gasteiger partial charge in [0, 0.05) is 6.42 Å². The lowest BCUT2D eigenvalue weighted by Gasteiger charge is -2.13. The predicted molar refractivity (Wildman–Crippen MR) is 76.5 cm³/mol. The number of hydrogen-bond acceptors (Lipinski definition) is 1. The van der Waals surface area contributed by atoms with Crippen LogP contribution >= 0.6 is 34.8 Å². The fraction of sp³-hybridized carbons (Fsp3) is 0.143. The highest BCUT2D eigenvalue weighted by Gasteiger charge is 2.14. The summed E-state index contributed by atoms with van der Waals surface area (Å²) in [6.07, 6.45) is -0.622. The maximum atomic E-state index is 13.3. The molecule has 19 heavy (non-hydrogen) atoms. The molecule has 2 aromatic rings. The molecule has 100 valence electrons. The average Bonchev–Trinajstić information content (AvgIpc) is 2.38. The maximum absolute atomic E-state index is 13.3. The van der Waals surface area contributed by atoms with E-state index in [0.717, 1.165) is 0 Å². The van der Waals surface area contributed by atoms with E-state index in [2.05, 4.69) is 0 Å². The molecule has 1 atom stereocenters. The van der Waals surface area contributed by atoms with Crippen LogP contribution in [0.3, 0.4) is 0 Å². The van der Waals surface area contributed by atoms with E-state index in [1.165, 1.54) is 12.1 Å². The summed E-state index contributed by atoms with van der Waals surface area (Å²) in [7, 11) is 0. The van der Waals surface area contributed by atoms with Crippen molar-refractivity contribution in [1.82, 2.24) is 0 Å². The zero-order valence-electron chi connectivity index (χ0n) is 9.71. The molecule has 0 radical (unpaired) electrons. The van der Waals surface area contributed by atoms with Crippen LogP contribution in [0.25, 0.3) is 0 Å². The summed E-state index contributed by atoms with van der Waals surface area (Å²) in [5, 5.41) is 10.9. The van der Waals surface area contributed by atoms with Gasteiger partial charge in [0.25, 0.3) is 0 Å². The van der Waals surface area contributed by atoms with Gasteiger partial charge in [0.2, 0.25) is 0 Å². The molecule has 0 amide bonds. The minimum atomic E-state index is -0.872. The summed E-state index contributed by atoms with van der Waals surface area (Å²) in [4.78, 5) is 0. The molecule has 0 aliphatic carbocycles. The minimum Gasteiger partial charge on any atom is -0.388 e. The molecule has 0 fully saturated rings. The van der Waals surface area contributed by atoms with Crippen molar-refractivity contribution in [2.24, 2.45) is 0 Å². The van der Waals surface area contributed by atoms with Gasteiger partial charge in [-0.15, -0.1) is 0 Å². The van der Waals surface area contributed by atoms with Crippen LogP contribution in [0, 0.1) is 5.82 Å². The number of aliphatic hydroxyl groups excluding tert-OH is 1. The third kappa shape index (κ3) is 3.40. The zero-order chi connectivity index (χ0) is 14.0. The first-order valence-corrected chi connectivity index (χ1v) is 6.68. The van der Waals surface area contributed by atoms with Gasteiger partial charge in [-0.1, -0.05) is 53.0 Å². The van der Waals surface area contributed by atoms with Crippen LogP contribution in [-0.2, 0) is 6.42 Å². The first kappa shape index (κ1) is 14.6. The quantitative estimate of drug-likeness (QED) is 0.838. The molecule has 0 spiro atoms. The van der Waals surface area contributed by atoms with Crippen LogP contribution in [0.4, 0.5) is 4.39 Å². The van der Waals surface area contributed by atoms with Crippen molar-refractivity contribution in [1.29, 1.82) is 0 Å². The molecule has 0 saturated heterocycles. The Labute approximate surface area is 125 Å². The molecule has 0 aliphatic rings. The number of rotatable bonds is 3.